The molecule has 0 aliphatic carbocycles. The summed E-state index contributed by atoms with van der Waals surface area (Å²) in [7, 11) is 0. The van der Waals surface area contributed by atoms with Crippen molar-refractivity contribution in [1.82, 2.24) is 9.78 Å². The van der Waals surface area contributed by atoms with Crippen LogP contribution in [0.3, 0.4) is 0 Å². The maximum atomic E-state index is 13.4. The number of nitrogens with zero attached hydrogens (tertiary/aromatic N) is 2. The Morgan fingerprint density at radius 3 is 3.00 bits per heavy atom. The summed E-state index contributed by atoms with van der Waals surface area (Å²) in [5, 5.41) is 7.67. The van der Waals surface area contributed by atoms with Crippen LogP contribution in [0.25, 0.3) is 0 Å². The van der Waals surface area contributed by atoms with E-state index in [0.717, 1.165) is 12.2 Å². The molecule has 90 valence electrons. The quantitative estimate of drug-likeness (QED) is 0.906. The molecule has 0 amide bonds. The molecular weight excluding hydrogens is 241 g/mol. The van der Waals surface area contributed by atoms with E-state index in [1.165, 1.54) is 12.1 Å². The summed E-state index contributed by atoms with van der Waals surface area (Å²) < 4.78 is 15.3. The minimum Gasteiger partial charge on any atom is -0.377 e. The lowest BCUT2D eigenvalue weighted by molar-refractivity contribution is 0.619. The molecule has 1 aromatic carbocycles. The molecule has 5 heteroatoms. The zero-order chi connectivity index (χ0) is 12.3. The van der Waals surface area contributed by atoms with E-state index < -0.39 is 0 Å². The molecule has 17 heavy (non-hydrogen) atoms. The Hall–Kier alpha value is -1.55. The lowest BCUT2D eigenvalue weighted by atomic mass is 10.3. The smallest absolute Gasteiger partial charge is 0.146 e. The topological polar surface area (TPSA) is 29.9 Å². The average molecular weight is 254 g/mol. The Morgan fingerprint density at radius 1 is 1.41 bits per heavy atom. The van der Waals surface area contributed by atoms with Gasteiger partial charge in [0.1, 0.15) is 5.82 Å². The number of benzene rings is 1. The first-order valence-electron chi connectivity index (χ1n) is 5.40. The fourth-order valence-corrected chi connectivity index (χ4v) is 1.79. The van der Waals surface area contributed by atoms with Crippen LogP contribution < -0.4 is 5.32 Å². The molecule has 2 rings (SSSR count). The first kappa shape index (κ1) is 11.9. The van der Waals surface area contributed by atoms with Crippen LogP contribution in [0.2, 0.25) is 5.02 Å². The molecule has 3 nitrogen and oxygen atoms in total. The van der Waals surface area contributed by atoms with Crippen LogP contribution >= 0.6 is 11.6 Å². The van der Waals surface area contributed by atoms with Crippen LogP contribution in [0.4, 0.5) is 10.1 Å². The molecule has 0 atom stereocenters. The zero-order valence-electron chi connectivity index (χ0n) is 9.45. The third-order valence-corrected chi connectivity index (χ3v) is 2.73. The normalized spacial score (nSPS) is 10.5. The van der Waals surface area contributed by atoms with Gasteiger partial charge in [-0.05, 0) is 31.2 Å². The zero-order valence-corrected chi connectivity index (χ0v) is 10.2. The van der Waals surface area contributed by atoms with Gasteiger partial charge < -0.3 is 5.32 Å². The van der Waals surface area contributed by atoms with Gasteiger partial charge in [-0.25, -0.2) is 4.39 Å². The van der Waals surface area contributed by atoms with E-state index >= 15 is 0 Å². The summed E-state index contributed by atoms with van der Waals surface area (Å²) in [6, 6.07) is 6.35. The Kier molecular flexibility index (Phi) is 3.64. The van der Waals surface area contributed by atoms with Gasteiger partial charge in [0, 0.05) is 17.8 Å². The lowest BCUT2D eigenvalue weighted by Crippen LogP contribution is -2.08. The van der Waals surface area contributed by atoms with E-state index in [1.54, 1.807) is 12.3 Å². The van der Waals surface area contributed by atoms with Crippen molar-refractivity contribution < 1.29 is 4.39 Å². The molecule has 0 unspecified atom stereocenters. The van der Waals surface area contributed by atoms with Crippen molar-refractivity contribution in [2.45, 2.75) is 20.0 Å². The Morgan fingerprint density at radius 2 is 2.24 bits per heavy atom. The van der Waals surface area contributed by atoms with Crippen molar-refractivity contribution in [3.63, 3.8) is 0 Å². The van der Waals surface area contributed by atoms with E-state index in [2.05, 4.69) is 10.4 Å². The van der Waals surface area contributed by atoms with Gasteiger partial charge in [-0.1, -0.05) is 11.6 Å². The fourth-order valence-electron chi connectivity index (χ4n) is 1.61. The van der Waals surface area contributed by atoms with Crippen LogP contribution in [0.1, 0.15) is 12.6 Å². The molecule has 0 aliphatic rings. The molecule has 0 spiro atoms. The number of halogens is 2. The maximum absolute atomic E-state index is 13.4. The van der Waals surface area contributed by atoms with Crippen LogP contribution in [0.15, 0.2) is 30.5 Å². The summed E-state index contributed by atoms with van der Waals surface area (Å²) in [5.41, 5.74) is 1.41. The summed E-state index contributed by atoms with van der Waals surface area (Å²) in [6.45, 7) is 3.32. The van der Waals surface area contributed by atoms with Crippen molar-refractivity contribution in [2.75, 3.05) is 5.32 Å². The summed E-state index contributed by atoms with van der Waals surface area (Å²) in [5.74, 6) is -0.308. The van der Waals surface area contributed by atoms with Gasteiger partial charge in [-0.3, -0.25) is 4.68 Å². The van der Waals surface area contributed by atoms with Gasteiger partial charge in [0.15, 0.2) is 0 Å². The molecule has 2 aromatic rings. The molecule has 1 heterocycles. The van der Waals surface area contributed by atoms with Gasteiger partial charge in [0.2, 0.25) is 0 Å². The highest BCUT2D eigenvalue weighted by molar-refractivity contribution is 6.30. The van der Waals surface area contributed by atoms with Gasteiger partial charge in [-0.15, -0.1) is 0 Å². The Balaban J connectivity index is 2.09. The first-order valence-corrected chi connectivity index (χ1v) is 5.78. The summed E-state index contributed by atoms with van der Waals surface area (Å²) in [6.07, 6.45) is 1.73. The molecule has 0 saturated heterocycles. The van der Waals surface area contributed by atoms with Crippen molar-refractivity contribution in [3.8, 4) is 0 Å². The molecule has 0 bridgehead atoms. The van der Waals surface area contributed by atoms with Gasteiger partial charge in [-0.2, -0.15) is 5.10 Å². The highest BCUT2D eigenvalue weighted by Crippen LogP contribution is 2.20. The van der Waals surface area contributed by atoms with E-state index in [-0.39, 0.29) is 5.82 Å². The van der Waals surface area contributed by atoms with Gasteiger partial charge >= 0.3 is 0 Å². The van der Waals surface area contributed by atoms with E-state index in [4.69, 9.17) is 11.6 Å². The van der Waals surface area contributed by atoms with E-state index in [9.17, 15) is 4.39 Å². The third-order valence-electron chi connectivity index (χ3n) is 2.49. The second kappa shape index (κ2) is 5.19. The van der Waals surface area contributed by atoms with Crippen LogP contribution in [-0.2, 0) is 13.1 Å². The second-order valence-corrected chi connectivity index (χ2v) is 4.05. The van der Waals surface area contributed by atoms with Crippen molar-refractivity contribution in [2.24, 2.45) is 0 Å². The van der Waals surface area contributed by atoms with Crippen molar-refractivity contribution in [1.29, 1.82) is 0 Å². The van der Waals surface area contributed by atoms with Crippen molar-refractivity contribution in [3.05, 3.63) is 47.0 Å². The molecule has 0 radical (unpaired) electrons. The number of aromatic nitrogens is 2. The SMILES string of the molecule is CCn1nccc1CNc1cc(Cl)ccc1F. The number of anilines is 1. The number of hydrogen-bond acceptors (Lipinski definition) is 2. The molecule has 0 fully saturated rings. The molecule has 1 aromatic heterocycles. The largest absolute Gasteiger partial charge is 0.377 e. The Bertz CT molecular complexity index is 510. The number of hydrogen-bond donors (Lipinski definition) is 1. The number of nitrogens with one attached hydrogen (secondary N) is 1. The van der Waals surface area contributed by atoms with E-state index in [0.29, 0.717) is 17.3 Å². The highest BCUT2D eigenvalue weighted by Gasteiger charge is 2.04. The second-order valence-electron chi connectivity index (χ2n) is 3.62. The summed E-state index contributed by atoms with van der Waals surface area (Å²) in [4.78, 5) is 0. The Labute approximate surface area is 104 Å². The molecule has 0 aliphatic heterocycles. The number of aryl methyl sites for hydroxylation is 1. The van der Waals surface area contributed by atoms with Crippen LogP contribution in [0.5, 0.6) is 0 Å². The predicted octanol–water partition coefficient (Wildman–Crippen LogP) is 3.31. The summed E-state index contributed by atoms with van der Waals surface area (Å²) >= 11 is 5.81. The average Bonchev–Trinajstić information content (AvgIpc) is 2.77. The monoisotopic (exact) mass is 253 g/mol. The number of rotatable bonds is 4. The third kappa shape index (κ3) is 2.77. The predicted molar refractivity (Wildman–Crippen MR) is 66.6 cm³/mol. The minimum absolute atomic E-state index is 0.308. The van der Waals surface area contributed by atoms with Crippen molar-refractivity contribution >= 4 is 17.3 Å². The minimum atomic E-state index is -0.308. The molecular formula is C12H13ClFN3. The standard InChI is InChI=1S/C12H13ClFN3/c1-2-17-10(5-6-16-17)8-15-12-7-9(13)3-4-11(12)14/h3-7,15H,2,8H2,1H3. The fraction of sp³-hybridized carbons (Fsp3) is 0.250. The maximum Gasteiger partial charge on any atom is 0.146 e. The van der Waals surface area contributed by atoms with Gasteiger partial charge in [0.25, 0.3) is 0 Å². The van der Waals surface area contributed by atoms with E-state index in [1.807, 2.05) is 17.7 Å². The van der Waals surface area contributed by atoms with Gasteiger partial charge in [0.05, 0.1) is 17.9 Å². The molecule has 0 saturated carbocycles. The lowest BCUT2D eigenvalue weighted by Gasteiger charge is -2.09. The highest BCUT2D eigenvalue weighted by atomic mass is 35.5. The molecule has 1 N–H and O–H groups in total. The van der Waals surface area contributed by atoms with Crippen LogP contribution in [0, 0.1) is 5.82 Å². The first-order chi connectivity index (χ1) is 8.20. The van der Waals surface area contributed by atoms with Crippen LogP contribution in [-0.4, -0.2) is 9.78 Å².